The largest absolute Gasteiger partial charge is 0.383 e. The van der Waals surface area contributed by atoms with Crippen LogP contribution in [0.15, 0.2) is 55.2 Å². The molecule has 1 saturated carbocycles. The average molecular weight is 521 g/mol. The molecule has 12 heteroatoms. The van der Waals surface area contributed by atoms with Crippen LogP contribution < -0.4 is 5.73 Å². The van der Waals surface area contributed by atoms with Crippen molar-refractivity contribution in [1.82, 2.24) is 44.6 Å². The lowest BCUT2D eigenvalue weighted by molar-refractivity contribution is -0.0203. The lowest BCUT2D eigenvalue weighted by Gasteiger charge is -2.55. The minimum absolute atomic E-state index is 0.0221. The second-order valence-electron chi connectivity index (χ2n) is 10.0. The molecule has 39 heavy (non-hydrogen) atoms. The fraction of sp³-hybridized carbons (Fsp3) is 0.259. The number of nitrogens with one attached hydrogen (secondary N) is 1. The molecule has 3 fully saturated rings. The summed E-state index contributed by atoms with van der Waals surface area (Å²) in [7, 11) is 0. The summed E-state index contributed by atoms with van der Waals surface area (Å²) in [5, 5.41) is 10.9. The number of carbonyl (C=O) groups is 2. The number of nitrogens with two attached hydrogens (primary N) is 1. The first-order valence-electron chi connectivity index (χ1n) is 12.7. The van der Waals surface area contributed by atoms with Crippen LogP contribution in [-0.2, 0) is 0 Å². The molecule has 2 aliphatic heterocycles. The third kappa shape index (κ3) is 3.67. The molecule has 12 nitrogen and oxygen atoms in total. The van der Waals surface area contributed by atoms with Gasteiger partial charge in [-0.3, -0.25) is 24.7 Å². The Morgan fingerprint density at radius 3 is 2.49 bits per heavy atom. The SMILES string of the molecule is CC(=O)c1c(C2C[C@@H]3C[C@H](C2)N3C(=O)c2ncn[nH]2)nc2c(-c3ccc(-c4ccccn4)nc3)cnn2c1N. The first-order valence-corrected chi connectivity index (χ1v) is 12.7. The number of fused-ring (bicyclic) bond motifs is 3. The van der Waals surface area contributed by atoms with Gasteiger partial charge in [0.05, 0.1) is 28.8 Å². The van der Waals surface area contributed by atoms with Crippen molar-refractivity contribution in [2.75, 3.05) is 5.73 Å². The Balaban J connectivity index is 1.24. The molecule has 0 spiro atoms. The summed E-state index contributed by atoms with van der Waals surface area (Å²) in [5.41, 5.74) is 11.3. The van der Waals surface area contributed by atoms with Crippen molar-refractivity contribution in [1.29, 1.82) is 0 Å². The number of pyridine rings is 2. The van der Waals surface area contributed by atoms with Gasteiger partial charge in [0.25, 0.3) is 5.91 Å². The van der Waals surface area contributed by atoms with Crippen molar-refractivity contribution < 1.29 is 9.59 Å². The van der Waals surface area contributed by atoms with E-state index in [1.54, 1.807) is 18.6 Å². The molecule has 5 aromatic rings. The Morgan fingerprint density at radius 2 is 1.82 bits per heavy atom. The highest BCUT2D eigenvalue weighted by Gasteiger charge is 2.49. The van der Waals surface area contributed by atoms with Crippen molar-refractivity contribution in [3.05, 3.63) is 72.3 Å². The minimum Gasteiger partial charge on any atom is -0.383 e. The molecule has 3 aliphatic rings. The number of piperidine rings is 1. The zero-order valence-corrected chi connectivity index (χ0v) is 21.0. The van der Waals surface area contributed by atoms with E-state index in [1.807, 2.05) is 35.2 Å². The number of amides is 1. The molecule has 3 atom stereocenters. The Labute approximate surface area is 222 Å². The summed E-state index contributed by atoms with van der Waals surface area (Å²) in [6, 6.07) is 9.63. The molecule has 1 aliphatic carbocycles. The Bertz CT molecular complexity index is 1700. The summed E-state index contributed by atoms with van der Waals surface area (Å²) in [6.45, 7) is 1.50. The number of carbonyl (C=O) groups excluding carboxylic acids is 2. The number of aromatic nitrogens is 8. The van der Waals surface area contributed by atoms with E-state index >= 15 is 0 Å². The van der Waals surface area contributed by atoms with Gasteiger partial charge in [-0.1, -0.05) is 12.1 Å². The molecule has 0 radical (unpaired) electrons. The highest BCUT2D eigenvalue weighted by Crippen LogP contribution is 2.47. The van der Waals surface area contributed by atoms with Gasteiger partial charge >= 0.3 is 0 Å². The summed E-state index contributed by atoms with van der Waals surface area (Å²) in [4.78, 5) is 45.5. The second kappa shape index (κ2) is 8.79. The van der Waals surface area contributed by atoms with Crippen LogP contribution in [0.25, 0.3) is 28.2 Å². The van der Waals surface area contributed by atoms with E-state index in [-0.39, 0.29) is 41.3 Å². The van der Waals surface area contributed by atoms with E-state index in [0.717, 1.165) is 28.9 Å². The summed E-state index contributed by atoms with van der Waals surface area (Å²) in [5.74, 6) is 0.167. The van der Waals surface area contributed by atoms with E-state index in [1.165, 1.54) is 17.8 Å². The molecular formula is C27H24N10O2. The van der Waals surface area contributed by atoms with Crippen molar-refractivity contribution in [2.45, 2.75) is 44.2 Å². The van der Waals surface area contributed by atoms with Gasteiger partial charge in [-0.2, -0.15) is 14.7 Å². The number of ketones is 1. The number of H-pyrrole nitrogens is 1. The van der Waals surface area contributed by atoms with Crippen LogP contribution in [0.4, 0.5) is 5.82 Å². The smallest absolute Gasteiger partial charge is 0.291 e. The third-order valence-electron chi connectivity index (χ3n) is 7.75. The predicted molar refractivity (Wildman–Crippen MR) is 141 cm³/mol. The minimum atomic E-state index is -0.163. The molecule has 3 N–H and O–H groups in total. The summed E-state index contributed by atoms with van der Waals surface area (Å²) >= 11 is 0. The van der Waals surface area contributed by atoms with Gasteiger partial charge in [0, 0.05) is 41.5 Å². The third-order valence-corrected chi connectivity index (χ3v) is 7.75. The Hall–Kier alpha value is -5.00. The number of hydrogen-bond acceptors (Lipinski definition) is 9. The molecule has 0 aromatic carbocycles. The van der Waals surface area contributed by atoms with Gasteiger partial charge in [-0.25, -0.2) is 9.97 Å². The number of anilines is 1. The van der Waals surface area contributed by atoms with Crippen LogP contribution in [0.3, 0.4) is 0 Å². The lowest BCUT2D eigenvalue weighted by Crippen LogP contribution is -2.62. The number of aromatic amines is 1. The molecular weight excluding hydrogens is 496 g/mol. The lowest BCUT2D eigenvalue weighted by atomic mass is 9.71. The van der Waals surface area contributed by atoms with Crippen LogP contribution in [-0.4, -0.2) is 68.4 Å². The normalized spacial score (nSPS) is 20.1. The first-order chi connectivity index (χ1) is 19.0. The van der Waals surface area contributed by atoms with E-state index in [4.69, 9.17) is 10.7 Å². The molecule has 8 rings (SSSR count). The van der Waals surface area contributed by atoms with Gasteiger partial charge in [0.2, 0.25) is 5.82 Å². The summed E-state index contributed by atoms with van der Waals surface area (Å²) in [6.07, 6.45) is 8.80. The molecule has 1 amide bonds. The van der Waals surface area contributed by atoms with Crippen LogP contribution in [0.1, 0.15) is 58.8 Å². The molecule has 1 unspecified atom stereocenters. The van der Waals surface area contributed by atoms with Crippen LogP contribution in [0.2, 0.25) is 0 Å². The number of rotatable bonds is 5. The van der Waals surface area contributed by atoms with Crippen molar-refractivity contribution in [3.8, 4) is 22.5 Å². The predicted octanol–water partition coefficient (Wildman–Crippen LogP) is 2.92. The maximum atomic E-state index is 12.9. The van der Waals surface area contributed by atoms with E-state index in [2.05, 4.69) is 30.2 Å². The van der Waals surface area contributed by atoms with Crippen LogP contribution in [0, 0.1) is 0 Å². The fourth-order valence-electron chi connectivity index (χ4n) is 5.97. The zero-order chi connectivity index (χ0) is 26.7. The maximum absolute atomic E-state index is 12.9. The molecule has 5 aromatic heterocycles. The number of nitrogen functional groups attached to an aromatic ring is 1. The first kappa shape index (κ1) is 23.1. The number of Topliss-reactive ketones (excluding diaryl/α,β-unsaturated/α-hetero) is 1. The summed E-state index contributed by atoms with van der Waals surface area (Å²) < 4.78 is 1.52. The van der Waals surface area contributed by atoms with Crippen LogP contribution in [0.5, 0.6) is 0 Å². The maximum Gasteiger partial charge on any atom is 0.291 e. The average Bonchev–Trinajstić information content (AvgIpc) is 3.64. The second-order valence-corrected chi connectivity index (χ2v) is 10.0. The van der Waals surface area contributed by atoms with Gasteiger partial charge < -0.3 is 10.6 Å². The topological polar surface area (TPSA) is 161 Å². The van der Waals surface area contributed by atoms with Crippen molar-refractivity contribution in [3.63, 3.8) is 0 Å². The molecule has 2 saturated heterocycles. The van der Waals surface area contributed by atoms with E-state index < -0.39 is 0 Å². The number of nitrogens with zero attached hydrogens (tertiary/aromatic N) is 8. The van der Waals surface area contributed by atoms with E-state index in [9.17, 15) is 9.59 Å². The quantitative estimate of drug-likeness (QED) is 0.332. The highest BCUT2D eigenvalue weighted by molar-refractivity contribution is 6.00. The van der Waals surface area contributed by atoms with Gasteiger partial charge in [-0.05, 0) is 44.4 Å². The number of hydrogen-bond donors (Lipinski definition) is 2. The fourth-order valence-corrected chi connectivity index (χ4v) is 5.97. The monoisotopic (exact) mass is 520 g/mol. The molecule has 7 heterocycles. The van der Waals surface area contributed by atoms with Gasteiger partial charge in [0.15, 0.2) is 11.4 Å². The Kier molecular flexibility index (Phi) is 5.22. The van der Waals surface area contributed by atoms with E-state index in [0.29, 0.717) is 29.7 Å². The van der Waals surface area contributed by atoms with Gasteiger partial charge in [-0.15, -0.1) is 0 Å². The molecule has 194 valence electrons. The van der Waals surface area contributed by atoms with Crippen molar-refractivity contribution >= 4 is 23.2 Å². The van der Waals surface area contributed by atoms with Gasteiger partial charge in [0.1, 0.15) is 12.1 Å². The van der Waals surface area contributed by atoms with Crippen LogP contribution >= 0.6 is 0 Å². The highest BCUT2D eigenvalue weighted by atomic mass is 16.2. The zero-order valence-electron chi connectivity index (χ0n) is 21.0. The standard InChI is InChI=1S/C27H24N10O2/c1-14(38)22-23(16-8-17-10-18(9-16)36(17)27(39)25-31-13-32-35-25)34-26-19(12-33-37(26)24(22)28)15-5-6-21(30-11-15)20-4-2-3-7-29-20/h2-7,11-13,16-18H,8-10,28H2,1H3,(H,31,32,35)/t16?,17-,18+. The van der Waals surface area contributed by atoms with Crippen molar-refractivity contribution in [2.24, 2.45) is 0 Å². The molecule has 2 bridgehead atoms. The Morgan fingerprint density at radius 1 is 1.00 bits per heavy atom.